The summed E-state index contributed by atoms with van der Waals surface area (Å²) in [5.41, 5.74) is 0. The zero-order valence-electron chi connectivity index (χ0n) is 6.55. The first kappa shape index (κ1) is 9.82. The van der Waals surface area contributed by atoms with Crippen LogP contribution >= 0.6 is 12.6 Å². The number of thiol groups is 1. The van der Waals surface area contributed by atoms with Gasteiger partial charge in [0.2, 0.25) is 5.91 Å². The molecule has 0 fully saturated rings. The molecule has 0 rings (SSSR count). The summed E-state index contributed by atoms with van der Waals surface area (Å²) in [6.45, 7) is 4.99. The van der Waals surface area contributed by atoms with E-state index in [4.69, 9.17) is 0 Å². The normalized spacial score (nSPS) is 12.7. The van der Waals surface area contributed by atoms with E-state index < -0.39 is 0 Å². The Kier molecular flexibility index (Phi) is 5.49. The molecular weight excluding hydrogens is 146 g/mol. The third kappa shape index (κ3) is 4.68. The molecule has 0 aromatic heterocycles. The van der Waals surface area contributed by atoms with Crippen molar-refractivity contribution >= 4 is 18.5 Å². The monoisotopic (exact) mass is 161 g/mol. The topological polar surface area (TPSA) is 29.1 Å². The first-order valence-corrected chi connectivity index (χ1v) is 4.21. The maximum absolute atomic E-state index is 10.6. The van der Waals surface area contributed by atoms with Crippen molar-refractivity contribution in [3.05, 3.63) is 0 Å². The van der Waals surface area contributed by atoms with Crippen molar-refractivity contribution < 1.29 is 4.79 Å². The quantitative estimate of drug-likeness (QED) is 0.594. The molecule has 0 aliphatic carbocycles. The average molecular weight is 161 g/mol. The number of carbonyl (C=O) groups excluding carboxylic acids is 1. The summed E-state index contributed by atoms with van der Waals surface area (Å²) in [7, 11) is 0. The number of hydrogen-bond acceptors (Lipinski definition) is 2. The van der Waals surface area contributed by atoms with Crippen molar-refractivity contribution in [3.63, 3.8) is 0 Å². The summed E-state index contributed by atoms with van der Waals surface area (Å²) < 4.78 is 0. The van der Waals surface area contributed by atoms with E-state index in [0.29, 0.717) is 5.92 Å². The minimum atomic E-state index is 0.0173. The lowest BCUT2D eigenvalue weighted by Crippen LogP contribution is -2.28. The molecule has 0 aliphatic heterocycles. The van der Waals surface area contributed by atoms with Gasteiger partial charge in [-0.1, -0.05) is 20.3 Å². The lowest BCUT2D eigenvalue weighted by atomic mass is 10.1. The molecule has 1 N–H and O–H groups in total. The maximum atomic E-state index is 10.6. The van der Waals surface area contributed by atoms with Crippen LogP contribution < -0.4 is 5.32 Å². The summed E-state index contributed by atoms with van der Waals surface area (Å²) in [4.78, 5) is 10.6. The Hall–Kier alpha value is -0.180. The molecule has 1 atom stereocenters. The zero-order chi connectivity index (χ0) is 7.98. The largest absolute Gasteiger partial charge is 0.355 e. The van der Waals surface area contributed by atoms with E-state index in [2.05, 4.69) is 31.8 Å². The summed E-state index contributed by atoms with van der Waals surface area (Å²) in [6.07, 6.45) is 1.10. The fourth-order valence-corrected chi connectivity index (χ4v) is 0.600. The van der Waals surface area contributed by atoms with Crippen LogP contribution in [0, 0.1) is 5.92 Å². The average Bonchev–Trinajstić information content (AvgIpc) is 1.99. The van der Waals surface area contributed by atoms with Gasteiger partial charge in [0.1, 0.15) is 0 Å². The number of nitrogens with one attached hydrogen (secondary N) is 1. The summed E-state index contributed by atoms with van der Waals surface area (Å²) >= 11 is 3.84. The van der Waals surface area contributed by atoms with E-state index in [1.807, 2.05) is 0 Å². The number of hydrogen-bond donors (Lipinski definition) is 2. The van der Waals surface area contributed by atoms with Crippen LogP contribution in [0.2, 0.25) is 0 Å². The summed E-state index contributed by atoms with van der Waals surface area (Å²) in [5, 5.41) is 2.77. The molecule has 10 heavy (non-hydrogen) atoms. The zero-order valence-corrected chi connectivity index (χ0v) is 7.45. The predicted molar refractivity (Wildman–Crippen MR) is 46.3 cm³/mol. The lowest BCUT2D eigenvalue weighted by molar-refractivity contribution is -0.118. The molecule has 0 radical (unpaired) electrons. The molecule has 0 aliphatic rings. The first-order chi connectivity index (χ1) is 4.70. The van der Waals surface area contributed by atoms with E-state index in [0.717, 1.165) is 13.0 Å². The highest BCUT2D eigenvalue weighted by molar-refractivity contribution is 7.81. The lowest BCUT2D eigenvalue weighted by Gasteiger charge is -2.08. The van der Waals surface area contributed by atoms with Gasteiger partial charge in [-0.15, -0.1) is 0 Å². The Morgan fingerprint density at radius 2 is 2.30 bits per heavy atom. The van der Waals surface area contributed by atoms with Crippen LogP contribution in [0.25, 0.3) is 0 Å². The summed E-state index contributed by atoms with van der Waals surface area (Å²) in [5.74, 6) is 0.878. The highest BCUT2D eigenvalue weighted by atomic mass is 32.1. The van der Waals surface area contributed by atoms with Gasteiger partial charge in [0.05, 0.1) is 5.75 Å². The van der Waals surface area contributed by atoms with E-state index in [1.165, 1.54) is 0 Å². The molecule has 0 bridgehead atoms. The summed E-state index contributed by atoms with van der Waals surface area (Å²) in [6, 6.07) is 0. The van der Waals surface area contributed by atoms with Crippen molar-refractivity contribution in [2.75, 3.05) is 12.3 Å². The van der Waals surface area contributed by atoms with Crippen molar-refractivity contribution in [1.82, 2.24) is 5.32 Å². The molecule has 1 unspecified atom stereocenters. The van der Waals surface area contributed by atoms with Crippen molar-refractivity contribution in [1.29, 1.82) is 0 Å². The molecule has 60 valence electrons. The Morgan fingerprint density at radius 1 is 1.70 bits per heavy atom. The van der Waals surface area contributed by atoms with E-state index in [-0.39, 0.29) is 11.7 Å². The smallest absolute Gasteiger partial charge is 0.229 e. The van der Waals surface area contributed by atoms with Gasteiger partial charge in [0, 0.05) is 6.54 Å². The minimum Gasteiger partial charge on any atom is -0.355 e. The third-order valence-electron chi connectivity index (χ3n) is 1.49. The molecule has 0 aromatic carbocycles. The van der Waals surface area contributed by atoms with E-state index in [1.54, 1.807) is 0 Å². The number of carbonyl (C=O) groups is 1. The van der Waals surface area contributed by atoms with E-state index >= 15 is 0 Å². The van der Waals surface area contributed by atoms with Gasteiger partial charge < -0.3 is 5.32 Å². The van der Waals surface area contributed by atoms with Gasteiger partial charge in [-0.25, -0.2) is 0 Å². The Bertz CT molecular complexity index is 106. The van der Waals surface area contributed by atoms with Crippen LogP contribution in [0.1, 0.15) is 20.3 Å². The fraction of sp³-hybridized carbons (Fsp3) is 0.857. The third-order valence-corrected chi connectivity index (χ3v) is 1.78. The number of amides is 1. The Morgan fingerprint density at radius 3 is 2.70 bits per heavy atom. The molecule has 0 saturated carbocycles. The molecule has 0 aromatic rings. The SMILES string of the molecule is CCC(C)CNC(=O)CS. The second kappa shape index (κ2) is 5.59. The Labute approximate surface area is 67.8 Å². The molecule has 0 saturated heterocycles. The second-order valence-corrected chi connectivity index (χ2v) is 2.79. The van der Waals surface area contributed by atoms with Gasteiger partial charge in [-0.3, -0.25) is 4.79 Å². The van der Waals surface area contributed by atoms with Crippen LogP contribution in [0.15, 0.2) is 0 Å². The predicted octanol–water partition coefficient (Wildman–Crippen LogP) is 1.08. The van der Waals surface area contributed by atoms with Crippen LogP contribution in [-0.2, 0) is 4.79 Å². The molecule has 0 heterocycles. The van der Waals surface area contributed by atoms with Crippen LogP contribution in [0.5, 0.6) is 0 Å². The Balaban J connectivity index is 3.26. The molecule has 1 amide bonds. The molecular formula is C7H15NOS. The van der Waals surface area contributed by atoms with Gasteiger partial charge in [0.15, 0.2) is 0 Å². The maximum Gasteiger partial charge on any atom is 0.229 e. The van der Waals surface area contributed by atoms with Crippen molar-refractivity contribution in [2.24, 2.45) is 5.92 Å². The van der Waals surface area contributed by atoms with Gasteiger partial charge in [-0.2, -0.15) is 12.6 Å². The standard InChI is InChI=1S/C7H15NOS/c1-3-6(2)4-8-7(9)5-10/h6,10H,3-5H2,1-2H3,(H,8,9). The van der Waals surface area contributed by atoms with Gasteiger partial charge in [0.25, 0.3) is 0 Å². The van der Waals surface area contributed by atoms with Gasteiger partial charge >= 0.3 is 0 Å². The van der Waals surface area contributed by atoms with Crippen molar-refractivity contribution in [3.8, 4) is 0 Å². The van der Waals surface area contributed by atoms with Crippen molar-refractivity contribution in [2.45, 2.75) is 20.3 Å². The highest BCUT2D eigenvalue weighted by Crippen LogP contribution is 1.96. The second-order valence-electron chi connectivity index (χ2n) is 2.48. The number of rotatable bonds is 4. The highest BCUT2D eigenvalue weighted by Gasteiger charge is 2.00. The molecule has 2 nitrogen and oxygen atoms in total. The van der Waals surface area contributed by atoms with Crippen LogP contribution in [0.3, 0.4) is 0 Å². The van der Waals surface area contributed by atoms with Crippen LogP contribution in [0.4, 0.5) is 0 Å². The first-order valence-electron chi connectivity index (χ1n) is 3.58. The fourth-order valence-electron chi connectivity index (χ4n) is 0.488. The van der Waals surface area contributed by atoms with Crippen LogP contribution in [-0.4, -0.2) is 18.2 Å². The van der Waals surface area contributed by atoms with E-state index in [9.17, 15) is 4.79 Å². The van der Waals surface area contributed by atoms with Gasteiger partial charge in [-0.05, 0) is 5.92 Å². The minimum absolute atomic E-state index is 0.0173. The molecule has 0 spiro atoms. The molecule has 3 heteroatoms.